The Balaban J connectivity index is 1.79. The lowest BCUT2D eigenvalue weighted by atomic mass is 10.00. The molecule has 2 amide bonds. The number of nitrogens with one attached hydrogen (secondary N) is 2. The molecule has 5 nitrogen and oxygen atoms in total. The largest absolute Gasteiger partial charge is 0.348 e. The fourth-order valence-corrected chi connectivity index (χ4v) is 3.10. The van der Waals surface area contributed by atoms with E-state index < -0.39 is 5.82 Å². The molecule has 29 heavy (non-hydrogen) atoms. The number of likely N-dealkylation sites (N-methyl/N-ethyl adjacent to an activating group) is 1. The summed E-state index contributed by atoms with van der Waals surface area (Å²) >= 11 is 0. The maximum absolute atomic E-state index is 13.2. The van der Waals surface area contributed by atoms with E-state index in [0.717, 1.165) is 12.0 Å². The van der Waals surface area contributed by atoms with Gasteiger partial charge in [0.2, 0.25) is 11.8 Å². The molecule has 0 aliphatic carbocycles. The van der Waals surface area contributed by atoms with E-state index in [2.05, 4.69) is 36.6 Å². The van der Waals surface area contributed by atoms with Crippen molar-refractivity contribution in [2.75, 3.05) is 25.5 Å². The first kappa shape index (κ1) is 22.6. The van der Waals surface area contributed by atoms with Crippen LogP contribution in [0.15, 0.2) is 48.5 Å². The summed E-state index contributed by atoms with van der Waals surface area (Å²) in [5.41, 5.74) is 2.71. The Hall–Kier alpha value is -2.73. The third-order valence-corrected chi connectivity index (χ3v) is 4.44. The molecule has 0 saturated heterocycles. The van der Waals surface area contributed by atoms with E-state index in [1.165, 1.54) is 23.8 Å². The van der Waals surface area contributed by atoms with Crippen LogP contribution in [0.25, 0.3) is 0 Å². The van der Waals surface area contributed by atoms with E-state index in [1.807, 2.05) is 19.1 Å². The Morgan fingerprint density at radius 1 is 1.00 bits per heavy atom. The second-order valence-electron chi connectivity index (χ2n) is 7.86. The van der Waals surface area contributed by atoms with Crippen molar-refractivity contribution in [3.63, 3.8) is 0 Å². The quantitative estimate of drug-likeness (QED) is 0.675. The highest BCUT2D eigenvalue weighted by Gasteiger charge is 2.14. The van der Waals surface area contributed by atoms with Gasteiger partial charge in [0.05, 0.1) is 19.1 Å². The summed E-state index contributed by atoms with van der Waals surface area (Å²) in [5, 5.41) is 5.58. The van der Waals surface area contributed by atoms with Gasteiger partial charge in [-0.25, -0.2) is 4.39 Å². The monoisotopic (exact) mass is 399 g/mol. The molecule has 2 aromatic carbocycles. The number of halogens is 1. The molecule has 156 valence electrons. The summed E-state index contributed by atoms with van der Waals surface area (Å²) in [5.74, 6) is -0.280. The van der Waals surface area contributed by atoms with Crippen molar-refractivity contribution in [3.05, 3.63) is 65.5 Å². The van der Waals surface area contributed by atoms with Crippen molar-refractivity contribution in [2.24, 2.45) is 5.92 Å². The first-order valence-electron chi connectivity index (χ1n) is 9.85. The minimum Gasteiger partial charge on any atom is -0.348 e. The van der Waals surface area contributed by atoms with E-state index >= 15 is 0 Å². The van der Waals surface area contributed by atoms with E-state index in [1.54, 1.807) is 18.0 Å². The van der Waals surface area contributed by atoms with Crippen LogP contribution in [0.1, 0.15) is 37.9 Å². The number of anilines is 1. The van der Waals surface area contributed by atoms with Gasteiger partial charge in [-0.05, 0) is 55.6 Å². The third-order valence-electron chi connectivity index (χ3n) is 4.44. The van der Waals surface area contributed by atoms with Crippen molar-refractivity contribution in [1.82, 2.24) is 10.2 Å². The zero-order chi connectivity index (χ0) is 21.4. The molecule has 0 spiro atoms. The number of amides is 2. The van der Waals surface area contributed by atoms with Gasteiger partial charge in [0, 0.05) is 5.69 Å². The highest BCUT2D eigenvalue weighted by atomic mass is 19.1. The topological polar surface area (TPSA) is 61.4 Å². The summed E-state index contributed by atoms with van der Waals surface area (Å²) < 4.78 is 13.2. The van der Waals surface area contributed by atoms with Crippen molar-refractivity contribution < 1.29 is 14.0 Å². The lowest BCUT2D eigenvalue weighted by molar-refractivity contribution is -0.123. The maximum Gasteiger partial charge on any atom is 0.238 e. The molecule has 0 radical (unpaired) electrons. The van der Waals surface area contributed by atoms with E-state index in [9.17, 15) is 14.0 Å². The first-order valence-corrected chi connectivity index (χ1v) is 9.85. The van der Waals surface area contributed by atoms with Crippen molar-refractivity contribution in [3.8, 4) is 0 Å². The number of benzene rings is 2. The lowest BCUT2D eigenvalue weighted by Crippen LogP contribution is -2.39. The first-order chi connectivity index (χ1) is 13.7. The van der Waals surface area contributed by atoms with Crippen LogP contribution in [0.2, 0.25) is 0 Å². The molecule has 0 fully saturated rings. The van der Waals surface area contributed by atoms with Crippen molar-refractivity contribution in [1.29, 1.82) is 0 Å². The molecular formula is C23H30FN3O2. The van der Waals surface area contributed by atoms with Gasteiger partial charge in [-0.2, -0.15) is 0 Å². The normalized spacial score (nSPS) is 12.1. The van der Waals surface area contributed by atoms with E-state index in [0.29, 0.717) is 11.6 Å². The number of hydrogen-bond acceptors (Lipinski definition) is 3. The zero-order valence-electron chi connectivity index (χ0n) is 17.5. The predicted octanol–water partition coefficient (Wildman–Crippen LogP) is 3.77. The second-order valence-corrected chi connectivity index (χ2v) is 7.86. The van der Waals surface area contributed by atoms with Gasteiger partial charge in [-0.15, -0.1) is 0 Å². The minimum absolute atomic E-state index is 0.0300. The van der Waals surface area contributed by atoms with Crippen LogP contribution in [0.4, 0.5) is 10.1 Å². The molecule has 0 aliphatic rings. The van der Waals surface area contributed by atoms with Gasteiger partial charge in [-0.3, -0.25) is 14.5 Å². The van der Waals surface area contributed by atoms with Crippen LogP contribution in [0.5, 0.6) is 0 Å². The van der Waals surface area contributed by atoms with Gasteiger partial charge in [0.15, 0.2) is 0 Å². The molecule has 0 bridgehead atoms. The summed E-state index contributed by atoms with van der Waals surface area (Å²) in [6.45, 7) is 6.43. The number of rotatable bonds is 9. The molecule has 0 aromatic heterocycles. The molecule has 0 heterocycles. The molecule has 0 unspecified atom stereocenters. The summed E-state index contributed by atoms with van der Waals surface area (Å²) in [4.78, 5) is 26.0. The van der Waals surface area contributed by atoms with Crippen LogP contribution in [0, 0.1) is 11.7 Å². The molecule has 1 atom stereocenters. The SMILES string of the molecule is CC(C)Cc1ccc([C@H](C)NC(=O)CN(C)CC(=O)Nc2cccc(F)c2)cc1. The molecule has 2 aromatic rings. The van der Waals surface area contributed by atoms with Gasteiger partial charge < -0.3 is 10.6 Å². The Morgan fingerprint density at radius 3 is 2.28 bits per heavy atom. The van der Waals surface area contributed by atoms with Gasteiger partial charge in [-0.1, -0.05) is 44.2 Å². The Labute approximate surface area is 172 Å². The van der Waals surface area contributed by atoms with Gasteiger partial charge >= 0.3 is 0 Å². The third kappa shape index (κ3) is 8.03. The second kappa shape index (κ2) is 10.7. The van der Waals surface area contributed by atoms with Crippen molar-refractivity contribution in [2.45, 2.75) is 33.2 Å². The van der Waals surface area contributed by atoms with Crippen LogP contribution < -0.4 is 10.6 Å². The van der Waals surface area contributed by atoms with Gasteiger partial charge in [0.1, 0.15) is 5.82 Å². The molecule has 2 N–H and O–H groups in total. The minimum atomic E-state index is -0.415. The smallest absolute Gasteiger partial charge is 0.238 e. The van der Waals surface area contributed by atoms with E-state index in [4.69, 9.17) is 0 Å². The molecule has 0 saturated carbocycles. The standard InChI is InChI=1S/C23H30FN3O2/c1-16(2)12-18-8-10-19(11-9-18)17(3)25-22(28)14-27(4)15-23(29)26-21-7-5-6-20(24)13-21/h5-11,13,16-17H,12,14-15H2,1-4H3,(H,25,28)(H,26,29)/t17-/m0/s1. The molecule has 6 heteroatoms. The Kier molecular flexibility index (Phi) is 8.34. The Bertz CT molecular complexity index is 821. The fraction of sp³-hybridized carbons (Fsp3) is 0.391. The summed E-state index contributed by atoms with van der Waals surface area (Å²) in [6, 6.07) is 13.9. The average molecular weight is 400 g/mol. The van der Waals surface area contributed by atoms with Crippen molar-refractivity contribution >= 4 is 17.5 Å². The predicted molar refractivity (Wildman–Crippen MR) is 114 cm³/mol. The molecule has 0 aliphatic heterocycles. The number of hydrogen-bond donors (Lipinski definition) is 2. The summed E-state index contributed by atoms with van der Waals surface area (Å²) in [7, 11) is 1.69. The highest BCUT2D eigenvalue weighted by Crippen LogP contribution is 2.15. The maximum atomic E-state index is 13.2. The number of carbonyl (C=O) groups is 2. The zero-order valence-corrected chi connectivity index (χ0v) is 17.5. The average Bonchev–Trinajstić information content (AvgIpc) is 2.61. The lowest BCUT2D eigenvalue weighted by Gasteiger charge is -2.19. The fourth-order valence-electron chi connectivity index (χ4n) is 3.10. The van der Waals surface area contributed by atoms with Gasteiger partial charge in [0.25, 0.3) is 0 Å². The Morgan fingerprint density at radius 2 is 1.66 bits per heavy atom. The van der Waals surface area contributed by atoms with Crippen LogP contribution in [-0.2, 0) is 16.0 Å². The highest BCUT2D eigenvalue weighted by molar-refractivity contribution is 5.92. The molecular weight excluding hydrogens is 369 g/mol. The van der Waals surface area contributed by atoms with E-state index in [-0.39, 0.29) is 30.9 Å². The van der Waals surface area contributed by atoms with Crippen LogP contribution >= 0.6 is 0 Å². The van der Waals surface area contributed by atoms with Crippen LogP contribution in [0.3, 0.4) is 0 Å². The summed E-state index contributed by atoms with van der Waals surface area (Å²) in [6.07, 6.45) is 1.03. The number of carbonyl (C=O) groups excluding carboxylic acids is 2. The molecule has 2 rings (SSSR count). The van der Waals surface area contributed by atoms with Crippen LogP contribution in [-0.4, -0.2) is 36.9 Å². The number of nitrogens with zero attached hydrogens (tertiary/aromatic N) is 1.